The molecule has 1 aromatic heterocycles. The number of nitrogens with two attached hydrogens (primary N) is 1. The Hall–Kier alpha value is -2.01. The molecule has 96 valence electrons. The fourth-order valence-electron chi connectivity index (χ4n) is 1.80. The standard InChI is InChI=1S/C13H16N2O3/c1-16-9-3-4-11(17-2)10(7-9)13-12(5-6-14)18-8-15-13/h3-4,7-8H,5-6,14H2,1-2H3. The van der Waals surface area contributed by atoms with Gasteiger partial charge < -0.3 is 19.6 Å². The van der Waals surface area contributed by atoms with Crippen LogP contribution in [0.5, 0.6) is 11.5 Å². The van der Waals surface area contributed by atoms with Gasteiger partial charge in [-0.15, -0.1) is 0 Å². The smallest absolute Gasteiger partial charge is 0.181 e. The van der Waals surface area contributed by atoms with E-state index in [-0.39, 0.29) is 0 Å². The molecule has 0 unspecified atom stereocenters. The minimum absolute atomic E-state index is 0.508. The molecule has 0 spiro atoms. The number of aromatic nitrogens is 1. The first-order valence-electron chi connectivity index (χ1n) is 5.65. The van der Waals surface area contributed by atoms with Crippen LogP contribution in [0, 0.1) is 0 Å². The van der Waals surface area contributed by atoms with Crippen LogP contribution in [0.3, 0.4) is 0 Å². The highest BCUT2D eigenvalue weighted by Gasteiger charge is 2.15. The van der Waals surface area contributed by atoms with E-state index in [0.717, 1.165) is 28.5 Å². The highest BCUT2D eigenvalue weighted by atomic mass is 16.5. The van der Waals surface area contributed by atoms with E-state index >= 15 is 0 Å². The first-order valence-corrected chi connectivity index (χ1v) is 5.65. The molecule has 0 aliphatic heterocycles. The van der Waals surface area contributed by atoms with E-state index in [2.05, 4.69) is 4.98 Å². The van der Waals surface area contributed by atoms with E-state index in [4.69, 9.17) is 19.6 Å². The summed E-state index contributed by atoms with van der Waals surface area (Å²) in [6.45, 7) is 0.508. The summed E-state index contributed by atoms with van der Waals surface area (Å²) >= 11 is 0. The van der Waals surface area contributed by atoms with Gasteiger partial charge in [0.25, 0.3) is 0 Å². The van der Waals surface area contributed by atoms with Gasteiger partial charge in [-0.1, -0.05) is 0 Å². The van der Waals surface area contributed by atoms with Crippen molar-refractivity contribution in [2.75, 3.05) is 20.8 Å². The van der Waals surface area contributed by atoms with E-state index in [9.17, 15) is 0 Å². The average Bonchev–Trinajstić information content (AvgIpc) is 2.86. The van der Waals surface area contributed by atoms with Crippen molar-refractivity contribution in [3.8, 4) is 22.8 Å². The van der Waals surface area contributed by atoms with E-state index in [1.54, 1.807) is 14.2 Å². The van der Waals surface area contributed by atoms with Crippen molar-refractivity contribution in [3.63, 3.8) is 0 Å². The van der Waals surface area contributed by atoms with Crippen molar-refractivity contribution in [2.45, 2.75) is 6.42 Å². The van der Waals surface area contributed by atoms with Crippen molar-refractivity contribution < 1.29 is 13.9 Å². The summed E-state index contributed by atoms with van der Waals surface area (Å²) in [5.41, 5.74) is 7.14. The molecule has 2 rings (SSSR count). The minimum atomic E-state index is 0.508. The Labute approximate surface area is 106 Å². The molecule has 0 aliphatic rings. The van der Waals surface area contributed by atoms with E-state index in [0.29, 0.717) is 13.0 Å². The number of methoxy groups -OCH3 is 2. The topological polar surface area (TPSA) is 70.5 Å². The van der Waals surface area contributed by atoms with Gasteiger partial charge in [0, 0.05) is 12.0 Å². The van der Waals surface area contributed by atoms with Gasteiger partial charge in [0.05, 0.1) is 14.2 Å². The third-order valence-electron chi connectivity index (χ3n) is 2.67. The molecular weight excluding hydrogens is 232 g/mol. The first kappa shape index (κ1) is 12.4. The van der Waals surface area contributed by atoms with Gasteiger partial charge in [-0.05, 0) is 24.7 Å². The summed E-state index contributed by atoms with van der Waals surface area (Å²) in [7, 11) is 3.24. The SMILES string of the molecule is COc1ccc(OC)c(-c2ncoc2CCN)c1. The van der Waals surface area contributed by atoms with Crippen LogP contribution in [0.4, 0.5) is 0 Å². The van der Waals surface area contributed by atoms with Crippen LogP contribution in [-0.4, -0.2) is 25.7 Å². The van der Waals surface area contributed by atoms with Crippen molar-refractivity contribution in [2.24, 2.45) is 5.73 Å². The Morgan fingerprint density at radius 1 is 1.28 bits per heavy atom. The molecule has 0 bridgehead atoms. The predicted molar refractivity (Wildman–Crippen MR) is 67.8 cm³/mol. The second-order valence-corrected chi connectivity index (χ2v) is 3.73. The maximum Gasteiger partial charge on any atom is 0.181 e. The molecule has 5 heteroatoms. The number of nitrogens with zero attached hydrogens (tertiary/aromatic N) is 1. The zero-order valence-corrected chi connectivity index (χ0v) is 10.5. The third kappa shape index (κ3) is 2.31. The molecule has 0 saturated carbocycles. The molecule has 0 aliphatic carbocycles. The largest absolute Gasteiger partial charge is 0.497 e. The molecule has 0 radical (unpaired) electrons. The second kappa shape index (κ2) is 5.55. The van der Waals surface area contributed by atoms with E-state index in [1.165, 1.54) is 6.39 Å². The molecule has 2 aromatic rings. The van der Waals surface area contributed by atoms with Crippen molar-refractivity contribution in [1.82, 2.24) is 4.98 Å². The summed E-state index contributed by atoms with van der Waals surface area (Å²) in [6, 6.07) is 5.55. The quantitative estimate of drug-likeness (QED) is 0.874. The van der Waals surface area contributed by atoms with Crippen molar-refractivity contribution in [1.29, 1.82) is 0 Å². The lowest BCUT2D eigenvalue weighted by Crippen LogP contribution is -2.03. The molecule has 0 saturated heterocycles. The molecule has 18 heavy (non-hydrogen) atoms. The Balaban J connectivity index is 2.50. The van der Waals surface area contributed by atoms with Gasteiger partial charge in [0.1, 0.15) is 23.0 Å². The van der Waals surface area contributed by atoms with E-state index < -0.39 is 0 Å². The van der Waals surface area contributed by atoms with Crippen molar-refractivity contribution >= 4 is 0 Å². The zero-order valence-electron chi connectivity index (χ0n) is 10.5. The lowest BCUT2D eigenvalue weighted by atomic mass is 10.1. The van der Waals surface area contributed by atoms with Crippen LogP contribution in [0.2, 0.25) is 0 Å². The Bertz CT molecular complexity index is 523. The molecule has 0 amide bonds. The van der Waals surface area contributed by atoms with Gasteiger partial charge in [-0.3, -0.25) is 0 Å². The second-order valence-electron chi connectivity index (χ2n) is 3.73. The Morgan fingerprint density at radius 3 is 2.78 bits per heavy atom. The maximum atomic E-state index is 5.55. The summed E-state index contributed by atoms with van der Waals surface area (Å²) < 4.78 is 15.9. The molecule has 0 atom stereocenters. The van der Waals surface area contributed by atoms with Crippen molar-refractivity contribution in [3.05, 3.63) is 30.4 Å². The lowest BCUT2D eigenvalue weighted by molar-refractivity contribution is 0.404. The van der Waals surface area contributed by atoms with Crippen LogP contribution in [-0.2, 0) is 6.42 Å². The number of oxazole rings is 1. The summed E-state index contributed by atoms with van der Waals surface area (Å²) in [4.78, 5) is 4.23. The normalized spacial score (nSPS) is 10.4. The summed E-state index contributed by atoms with van der Waals surface area (Å²) in [5, 5.41) is 0. The Kier molecular flexibility index (Phi) is 3.84. The number of ether oxygens (including phenoxy) is 2. The fraction of sp³-hybridized carbons (Fsp3) is 0.308. The van der Waals surface area contributed by atoms with Crippen LogP contribution in [0.25, 0.3) is 11.3 Å². The minimum Gasteiger partial charge on any atom is -0.497 e. The number of rotatable bonds is 5. The predicted octanol–water partition coefficient (Wildman–Crippen LogP) is 1.86. The van der Waals surface area contributed by atoms with Gasteiger partial charge in [0.15, 0.2) is 6.39 Å². The van der Waals surface area contributed by atoms with Crippen LogP contribution >= 0.6 is 0 Å². The van der Waals surface area contributed by atoms with Crippen LogP contribution < -0.4 is 15.2 Å². The van der Waals surface area contributed by atoms with Gasteiger partial charge in [-0.2, -0.15) is 0 Å². The van der Waals surface area contributed by atoms with Crippen LogP contribution in [0.15, 0.2) is 29.0 Å². The monoisotopic (exact) mass is 248 g/mol. The van der Waals surface area contributed by atoms with Gasteiger partial charge >= 0.3 is 0 Å². The third-order valence-corrected chi connectivity index (χ3v) is 2.67. The average molecular weight is 248 g/mol. The van der Waals surface area contributed by atoms with Crippen LogP contribution in [0.1, 0.15) is 5.76 Å². The Morgan fingerprint density at radius 2 is 2.11 bits per heavy atom. The molecule has 0 fully saturated rings. The molecule has 2 N–H and O–H groups in total. The summed E-state index contributed by atoms with van der Waals surface area (Å²) in [6.07, 6.45) is 2.05. The van der Waals surface area contributed by atoms with E-state index in [1.807, 2.05) is 18.2 Å². The number of hydrogen-bond acceptors (Lipinski definition) is 5. The number of benzene rings is 1. The molecule has 5 nitrogen and oxygen atoms in total. The van der Waals surface area contributed by atoms with Gasteiger partial charge in [-0.25, -0.2) is 4.98 Å². The lowest BCUT2D eigenvalue weighted by Gasteiger charge is -2.09. The summed E-state index contributed by atoms with van der Waals surface area (Å²) in [5.74, 6) is 2.22. The highest BCUT2D eigenvalue weighted by Crippen LogP contribution is 2.34. The highest BCUT2D eigenvalue weighted by molar-refractivity contribution is 5.70. The molecular formula is C13H16N2O3. The first-order chi connectivity index (χ1) is 8.80. The molecule has 1 aromatic carbocycles. The number of hydrogen-bond donors (Lipinski definition) is 1. The van der Waals surface area contributed by atoms with Gasteiger partial charge in [0.2, 0.25) is 0 Å². The fourth-order valence-corrected chi connectivity index (χ4v) is 1.80. The molecule has 1 heterocycles. The zero-order chi connectivity index (χ0) is 13.0. The maximum absolute atomic E-state index is 5.55.